The van der Waals surface area contributed by atoms with Gasteiger partial charge in [0.2, 0.25) is 0 Å². The molecular formula is C15H16FNO. The molecular weight excluding hydrogens is 229 g/mol. The lowest BCUT2D eigenvalue weighted by Gasteiger charge is -2.09. The zero-order valence-corrected chi connectivity index (χ0v) is 10.1. The van der Waals surface area contributed by atoms with Crippen molar-refractivity contribution < 1.29 is 9.13 Å². The molecule has 2 aromatic rings. The Morgan fingerprint density at radius 2 is 1.67 bits per heavy atom. The van der Waals surface area contributed by atoms with Gasteiger partial charge in [0.15, 0.2) is 0 Å². The number of halogens is 1. The Kier molecular flexibility index (Phi) is 4.31. The van der Waals surface area contributed by atoms with Crippen molar-refractivity contribution in [1.82, 2.24) is 0 Å². The topological polar surface area (TPSA) is 35.2 Å². The summed E-state index contributed by atoms with van der Waals surface area (Å²) in [6.07, 6.45) is 0. The van der Waals surface area contributed by atoms with Gasteiger partial charge in [0, 0.05) is 0 Å². The number of hydrogen-bond donors (Lipinski definition) is 1. The molecule has 3 heteroatoms. The van der Waals surface area contributed by atoms with Crippen LogP contribution in [0.5, 0.6) is 5.75 Å². The summed E-state index contributed by atoms with van der Waals surface area (Å²) in [7, 11) is 0. The van der Waals surface area contributed by atoms with Crippen LogP contribution >= 0.6 is 0 Å². The standard InChI is InChI=1S/C15H16FNO/c16-10-15(17)13-6-8-14(9-7-13)18-11-12-4-2-1-3-5-12/h1-9,15H,10-11,17H2/t15-/m1/s1. The third-order valence-corrected chi connectivity index (χ3v) is 2.72. The molecule has 0 fully saturated rings. The van der Waals surface area contributed by atoms with Crippen molar-refractivity contribution in [3.8, 4) is 5.75 Å². The SMILES string of the molecule is N[C@H](CF)c1ccc(OCc2ccccc2)cc1. The highest BCUT2D eigenvalue weighted by Crippen LogP contribution is 2.17. The van der Waals surface area contributed by atoms with Gasteiger partial charge in [0.25, 0.3) is 0 Å². The van der Waals surface area contributed by atoms with E-state index in [4.69, 9.17) is 10.5 Å². The van der Waals surface area contributed by atoms with E-state index in [0.29, 0.717) is 6.61 Å². The van der Waals surface area contributed by atoms with Gasteiger partial charge in [-0.3, -0.25) is 0 Å². The largest absolute Gasteiger partial charge is 0.489 e. The molecule has 2 rings (SSSR count). The summed E-state index contributed by atoms with van der Waals surface area (Å²) < 4.78 is 18.0. The minimum Gasteiger partial charge on any atom is -0.489 e. The molecule has 0 saturated carbocycles. The summed E-state index contributed by atoms with van der Waals surface area (Å²) in [5, 5.41) is 0. The molecule has 0 aliphatic carbocycles. The number of benzene rings is 2. The molecule has 0 amide bonds. The van der Waals surface area contributed by atoms with E-state index in [1.165, 1.54) is 0 Å². The van der Waals surface area contributed by atoms with E-state index in [9.17, 15) is 4.39 Å². The van der Waals surface area contributed by atoms with Gasteiger partial charge in [-0.2, -0.15) is 0 Å². The Hall–Kier alpha value is -1.87. The first-order valence-electron chi connectivity index (χ1n) is 5.88. The molecule has 0 unspecified atom stereocenters. The molecule has 2 nitrogen and oxygen atoms in total. The van der Waals surface area contributed by atoms with Gasteiger partial charge >= 0.3 is 0 Å². The first-order valence-corrected chi connectivity index (χ1v) is 5.88. The van der Waals surface area contributed by atoms with Crippen LogP contribution in [0.2, 0.25) is 0 Å². The number of ether oxygens (including phenoxy) is 1. The molecule has 0 saturated heterocycles. The average Bonchev–Trinajstić information content (AvgIpc) is 2.46. The van der Waals surface area contributed by atoms with Gasteiger partial charge < -0.3 is 10.5 Å². The Morgan fingerprint density at radius 1 is 1.00 bits per heavy atom. The molecule has 0 aliphatic rings. The molecule has 18 heavy (non-hydrogen) atoms. The van der Waals surface area contributed by atoms with Crippen LogP contribution in [0.1, 0.15) is 17.2 Å². The highest BCUT2D eigenvalue weighted by Gasteiger charge is 2.04. The van der Waals surface area contributed by atoms with Gasteiger partial charge in [-0.1, -0.05) is 42.5 Å². The molecule has 2 N–H and O–H groups in total. The van der Waals surface area contributed by atoms with E-state index in [1.54, 1.807) is 12.1 Å². The van der Waals surface area contributed by atoms with Gasteiger partial charge in [-0.25, -0.2) is 4.39 Å². The summed E-state index contributed by atoms with van der Waals surface area (Å²) in [5.74, 6) is 0.758. The lowest BCUT2D eigenvalue weighted by Crippen LogP contribution is -2.11. The van der Waals surface area contributed by atoms with Crippen LogP contribution in [0.25, 0.3) is 0 Å². The maximum Gasteiger partial charge on any atom is 0.119 e. The van der Waals surface area contributed by atoms with Crippen LogP contribution in [0.4, 0.5) is 4.39 Å². The minimum absolute atomic E-state index is 0.523. The molecule has 2 aromatic carbocycles. The molecule has 0 radical (unpaired) electrons. The van der Waals surface area contributed by atoms with Crippen LogP contribution in [0.3, 0.4) is 0 Å². The van der Waals surface area contributed by atoms with Crippen LogP contribution < -0.4 is 10.5 Å². The summed E-state index contributed by atoms with van der Waals surface area (Å²) in [6, 6.07) is 16.6. The smallest absolute Gasteiger partial charge is 0.119 e. The van der Waals surface area contributed by atoms with Gasteiger partial charge in [-0.05, 0) is 23.3 Å². The van der Waals surface area contributed by atoms with E-state index < -0.39 is 12.7 Å². The second-order valence-electron chi connectivity index (χ2n) is 4.10. The zero-order valence-electron chi connectivity index (χ0n) is 10.1. The number of alkyl halides is 1. The van der Waals surface area contributed by atoms with Crippen molar-refractivity contribution in [3.63, 3.8) is 0 Å². The van der Waals surface area contributed by atoms with E-state index in [1.807, 2.05) is 42.5 Å². The van der Waals surface area contributed by atoms with Crippen molar-refractivity contribution in [2.75, 3.05) is 6.67 Å². The Bertz CT molecular complexity index is 470. The molecule has 0 aliphatic heterocycles. The second kappa shape index (κ2) is 6.17. The van der Waals surface area contributed by atoms with Crippen LogP contribution in [0, 0.1) is 0 Å². The second-order valence-corrected chi connectivity index (χ2v) is 4.10. The lowest BCUT2D eigenvalue weighted by atomic mass is 10.1. The molecule has 0 aromatic heterocycles. The molecule has 0 heterocycles. The highest BCUT2D eigenvalue weighted by molar-refractivity contribution is 5.29. The van der Waals surface area contributed by atoms with E-state index in [0.717, 1.165) is 16.9 Å². The van der Waals surface area contributed by atoms with Crippen molar-refractivity contribution in [1.29, 1.82) is 0 Å². The highest BCUT2D eigenvalue weighted by atomic mass is 19.1. The third-order valence-electron chi connectivity index (χ3n) is 2.72. The summed E-state index contributed by atoms with van der Waals surface area (Å²) in [6.45, 7) is -0.0282. The Balaban J connectivity index is 1.94. The maximum absolute atomic E-state index is 12.4. The van der Waals surface area contributed by atoms with Crippen molar-refractivity contribution in [2.45, 2.75) is 12.6 Å². The number of hydrogen-bond acceptors (Lipinski definition) is 2. The minimum atomic E-state index is -0.551. The predicted molar refractivity (Wildman–Crippen MR) is 70.1 cm³/mol. The fourth-order valence-corrected chi connectivity index (χ4v) is 1.64. The van der Waals surface area contributed by atoms with E-state index >= 15 is 0 Å². The van der Waals surface area contributed by atoms with Crippen molar-refractivity contribution in [3.05, 3.63) is 65.7 Å². The van der Waals surface area contributed by atoms with Gasteiger partial charge in [0.1, 0.15) is 19.0 Å². The Labute approximate surface area is 106 Å². The number of rotatable bonds is 5. The van der Waals surface area contributed by atoms with Crippen molar-refractivity contribution in [2.24, 2.45) is 5.73 Å². The molecule has 0 spiro atoms. The average molecular weight is 245 g/mol. The van der Waals surface area contributed by atoms with Crippen LogP contribution in [-0.2, 0) is 6.61 Å². The zero-order chi connectivity index (χ0) is 12.8. The van der Waals surface area contributed by atoms with E-state index in [-0.39, 0.29) is 0 Å². The molecule has 0 bridgehead atoms. The fraction of sp³-hybridized carbons (Fsp3) is 0.200. The quantitative estimate of drug-likeness (QED) is 0.877. The van der Waals surface area contributed by atoms with E-state index in [2.05, 4.69) is 0 Å². The first kappa shape index (κ1) is 12.6. The summed E-state index contributed by atoms with van der Waals surface area (Å²) in [4.78, 5) is 0. The summed E-state index contributed by atoms with van der Waals surface area (Å²) >= 11 is 0. The van der Waals surface area contributed by atoms with Crippen LogP contribution in [0.15, 0.2) is 54.6 Å². The maximum atomic E-state index is 12.4. The normalized spacial score (nSPS) is 12.1. The lowest BCUT2D eigenvalue weighted by molar-refractivity contribution is 0.306. The first-order chi connectivity index (χ1) is 8.79. The van der Waals surface area contributed by atoms with Gasteiger partial charge in [-0.15, -0.1) is 0 Å². The predicted octanol–water partition coefficient (Wildman–Crippen LogP) is 3.23. The van der Waals surface area contributed by atoms with Gasteiger partial charge in [0.05, 0.1) is 6.04 Å². The monoisotopic (exact) mass is 245 g/mol. The molecule has 1 atom stereocenters. The molecule has 94 valence electrons. The summed E-state index contributed by atoms with van der Waals surface area (Å²) in [5.41, 5.74) is 7.49. The van der Waals surface area contributed by atoms with Crippen molar-refractivity contribution >= 4 is 0 Å². The number of nitrogens with two attached hydrogens (primary N) is 1. The Morgan fingerprint density at radius 3 is 2.28 bits per heavy atom. The third kappa shape index (κ3) is 3.31. The fourth-order valence-electron chi connectivity index (χ4n) is 1.64. The van der Waals surface area contributed by atoms with Crippen LogP contribution in [-0.4, -0.2) is 6.67 Å².